The minimum Gasteiger partial charge on any atom is -0.457 e. The van der Waals surface area contributed by atoms with E-state index in [4.69, 9.17) is 4.74 Å². The number of para-hydroxylation sites is 2. The molecule has 0 radical (unpaired) electrons. The van der Waals surface area contributed by atoms with E-state index in [9.17, 15) is 0 Å². The van der Waals surface area contributed by atoms with E-state index in [0.29, 0.717) is 0 Å². The molecule has 2 heteroatoms. The number of hydrogen-bond acceptors (Lipinski definition) is 2. The molecule has 0 fully saturated rings. The van der Waals surface area contributed by atoms with Gasteiger partial charge in [-0.15, -0.1) is 0 Å². The molecule has 6 aromatic carbocycles. The van der Waals surface area contributed by atoms with Gasteiger partial charge in [0.1, 0.15) is 11.5 Å². The molecule has 0 aliphatic carbocycles. The van der Waals surface area contributed by atoms with Crippen molar-refractivity contribution in [2.24, 2.45) is 0 Å². The first kappa shape index (κ1) is 24.0. The standard InChI is InChI=1S/C38H29NO/c1-39(32-25-23-29(24-26-32)28-13-4-2-5-14-28)33-18-12-17-31(27-33)38(30-15-6-3-7-16-30)34-19-8-10-21-36(34)40-37-22-11-9-20-35(37)38/h2-27H,1H3. The normalized spacial score (nSPS) is 13.0. The molecule has 0 atom stereocenters. The van der Waals surface area contributed by atoms with Crippen molar-refractivity contribution in [2.75, 3.05) is 11.9 Å². The van der Waals surface area contributed by atoms with E-state index in [0.717, 1.165) is 34.0 Å². The number of fused-ring (bicyclic) bond motifs is 2. The third-order valence-electron chi connectivity index (χ3n) is 8.04. The molecule has 0 bridgehead atoms. The number of nitrogens with zero attached hydrogens (tertiary/aromatic N) is 1. The molecule has 6 aromatic rings. The highest BCUT2D eigenvalue weighted by molar-refractivity contribution is 5.73. The Morgan fingerprint density at radius 1 is 0.450 bits per heavy atom. The maximum absolute atomic E-state index is 6.46. The van der Waals surface area contributed by atoms with Crippen LogP contribution in [0.15, 0.2) is 158 Å². The summed E-state index contributed by atoms with van der Waals surface area (Å²) in [7, 11) is 2.14. The first-order chi connectivity index (χ1) is 19.7. The summed E-state index contributed by atoms with van der Waals surface area (Å²) in [5, 5.41) is 0. The van der Waals surface area contributed by atoms with E-state index < -0.39 is 5.41 Å². The van der Waals surface area contributed by atoms with Crippen LogP contribution in [0.1, 0.15) is 22.3 Å². The smallest absolute Gasteiger partial charge is 0.132 e. The van der Waals surface area contributed by atoms with Crippen LogP contribution in [0.5, 0.6) is 11.5 Å². The van der Waals surface area contributed by atoms with Gasteiger partial charge in [0.15, 0.2) is 0 Å². The SMILES string of the molecule is CN(c1ccc(-c2ccccc2)cc1)c1cccc(C2(c3ccccc3)c3ccccc3Oc3ccccc32)c1. The molecular weight excluding hydrogens is 486 g/mol. The van der Waals surface area contributed by atoms with Crippen LogP contribution >= 0.6 is 0 Å². The number of rotatable bonds is 5. The highest BCUT2D eigenvalue weighted by atomic mass is 16.5. The van der Waals surface area contributed by atoms with Crippen molar-refractivity contribution in [3.63, 3.8) is 0 Å². The van der Waals surface area contributed by atoms with Crippen LogP contribution in [0.4, 0.5) is 11.4 Å². The fourth-order valence-electron chi connectivity index (χ4n) is 6.08. The second-order valence-corrected chi connectivity index (χ2v) is 10.2. The van der Waals surface area contributed by atoms with Gasteiger partial charge in [0.2, 0.25) is 0 Å². The van der Waals surface area contributed by atoms with Crippen LogP contribution in [-0.2, 0) is 5.41 Å². The largest absolute Gasteiger partial charge is 0.457 e. The van der Waals surface area contributed by atoms with Crippen LogP contribution in [0.2, 0.25) is 0 Å². The highest BCUT2D eigenvalue weighted by Gasteiger charge is 2.45. The van der Waals surface area contributed by atoms with E-state index in [1.807, 2.05) is 12.1 Å². The maximum Gasteiger partial charge on any atom is 0.132 e. The van der Waals surface area contributed by atoms with E-state index in [1.165, 1.54) is 22.3 Å². The Bertz CT molecular complexity index is 1730. The number of benzene rings is 6. The van der Waals surface area contributed by atoms with Crippen LogP contribution < -0.4 is 9.64 Å². The lowest BCUT2D eigenvalue weighted by atomic mass is 9.63. The predicted octanol–water partition coefficient (Wildman–Crippen LogP) is 9.61. The summed E-state index contributed by atoms with van der Waals surface area (Å²) in [4.78, 5) is 2.26. The van der Waals surface area contributed by atoms with Gasteiger partial charge in [-0.3, -0.25) is 0 Å². The fourth-order valence-corrected chi connectivity index (χ4v) is 6.08. The average Bonchev–Trinajstić information content (AvgIpc) is 3.04. The third-order valence-corrected chi connectivity index (χ3v) is 8.04. The van der Waals surface area contributed by atoms with Crippen molar-refractivity contribution < 1.29 is 4.74 Å². The van der Waals surface area contributed by atoms with E-state index in [1.54, 1.807) is 0 Å². The lowest BCUT2D eigenvalue weighted by Crippen LogP contribution is -2.34. The zero-order chi connectivity index (χ0) is 26.9. The lowest BCUT2D eigenvalue weighted by molar-refractivity contribution is 0.434. The Hall–Kier alpha value is -5.08. The topological polar surface area (TPSA) is 12.5 Å². The van der Waals surface area contributed by atoms with Crippen LogP contribution in [0.3, 0.4) is 0 Å². The second-order valence-electron chi connectivity index (χ2n) is 10.2. The summed E-state index contributed by atoms with van der Waals surface area (Å²) in [5.74, 6) is 1.78. The average molecular weight is 516 g/mol. The quantitative estimate of drug-likeness (QED) is 0.226. The molecule has 1 heterocycles. The summed E-state index contributed by atoms with van der Waals surface area (Å²) in [6, 6.07) is 55.9. The molecule has 2 nitrogen and oxygen atoms in total. The molecule has 0 saturated carbocycles. The van der Waals surface area contributed by atoms with Gasteiger partial charge in [-0.25, -0.2) is 0 Å². The molecule has 1 aliphatic rings. The number of ether oxygens (including phenoxy) is 1. The zero-order valence-corrected chi connectivity index (χ0v) is 22.4. The molecule has 0 aromatic heterocycles. The summed E-state index contributed by atoms with van der Waals surface area (Å²) < 4.78 is 6.46. The highest BCUT2D eigenvalue weighted by Crippen LogP contribution is 2.55. The second kappa shape index (κ2) is 9.91. The summed E-state index contributed by atoms with van der Waals surface area (Å²) in [6.45, 7) is 0. The number of hydrogen-bond donors (Lipinski definition) is 0. The number of anilines is 2. The molecule has 40 heavy (non-hydrogen) atoms. The van der Waals surface area contributed by atoms with Crippen molar-refractivity contribution in [1.29, 1.82) is 0 Å². The molecule has 192 valence electrons. The molecule has 0 spiro atoms. The minimum absolute atomic E-state index is 0.527. The maximum atomic E-state index is 6.46. The van der Waals surface area contributed by atoms with Crippen molar-refractivity contribution in [2.45, 2.75) is 5.41 Å². The molecule has 0 amide bonds. The molecule has 1 aliphatic heterocycles. The van der Waals surface area contributed by atoms with Gasteiger partial charge in [-0.05, 0) is 58.7 Å². The summed E-state index contributed by atoms with van der Waals surface area (Å²) in [5.41, 5.74) is 8.88. The van der Waals surface area contributed by atoms with Crippen molar-refractivity contribution in [3.05, 3.63) is 180 Å². The third kappa shape index (κ3) is 3.88. The van der Waals surface area contributed by atoms with Gasteiger partial charge in [0, 0.05) is 29.5 Å². The Morgan fingerprint density at radius 3 is 1.62 bits per heavy atom. The Labute approximate surface area is 235 Å². The molecule has 0 N–H and O–H groups in total. The van der Waals surface area contributed by atoms with E-state index in [-0.39, 0.29) is 0 Å². The van der Waals surface area contributed by atoms with Gasteiger partial charge >= 0.3 is 0 Å². The summed E-state index contributed by atoms with van der Waals surface area (Å²) in [6.07, 6.45) is 0. The van der Waals surface area contributed by atoms with E-state index in [2.05, 4.69) is 158 Å². The minimum atomic E-state index is -0.527. The molecule has 0 unspecified atom stereocenters. The first-order valence-electron chi connectivity index (χ1n) is 13.7. The van der Waals surface area contributed by atoms with Crippen molar-refractivity contribution in [1.82, 2.24) is 0 Å². The summed E-state index contributed by atoms with van der Waals surface area (Å²) >= 11 is 0. The monoisotopic (exact) mass is 515 g/mol. The van der Waals surface area contributed by atoms with Gasteiger partial charge in [0.05, 0.1) is 5.41 Å². The van der Waals surface area contributed by atoms with Crippen LogP contribution in [0.25, 0.3) is 11.1 Å². The van der Waals surface area contributed by atoms with Crippen molar-refractivity contribution >= 4 is 11.4 Å². The van der Waals surface area contributed by atoms with E-state index >= 15 is 0 Å². The molecular formula is C38H29NO. The Morgan fingerprint density at radius 2 is 0.975 bits per heavy atom. The van der Waals surface area contributed by atoms with Crippen LogP contribution in [0, 0.1) is 0 Å². The van der Waals surface area contributed by atoms with Gasteiger partial charge in [-0.2, -0.15) is 0 Å². The van der Waals surface area contributed by atoms with Crippen molar-refractivity contribution in [3.8, 4) is 22.6 Å². The fraction of sp³-hybridized carbons (Fsp3) is 0.0526. The lowest BCUT2D eigenvalue weighted by Gasteiger charge is -2.41. The predicted molar refractivity (Wildman–Crippen MR) is 165 cm³/mol. The van der Waals surface area contributed by atoms with Gasteiger partial charge < -0.3 is 9.64 Å². The van der Waals surface area contributed by atoms with Gasteiger partial charge in [0.25, 0.3) is 0 Å². The molecule has 7 rings (SSSR count). The molecule has 0 saturated heterocycles. The Kier molecular flexibility index (Phi) is 5.94. The zero-order valence-electron chi connectivity index (χ0n) is 22.4. The Balaban J connectivity index is 1.39. The van der Waals surface area contributed by atoms with Gasteiger partial charge in [-0.1, -0.05) is 121 Å². The first-order valence-corrected chi connectivity index (χ1v) is 13.7. The van der Waals surface area contributed by atoms with Crippen LogP contribution in [-0.4, -0.2) is 7.05 Å².